The normalized spacial score (nSPS) is 24.1. The zero-order valence-corrected chi connectivity index (χ0v) is 18.4. The lowest BCUT2D eigenvalue weighted by atomic mass is 9.89. The lowest BCUT2D eigenvalue weighted by Gasteiger charge is -2.22. The molecule has 0 saturated heterocycles. The van der Waals surface area contributed by atoms with Crippen LogP contribution in [0.2, 0.25) is 0 Å². The molecule has 1 fully saturated rings. The van der Waals surface area contributed by atoms with Crippen molar-refractivity contribution >= 4 is 17.9 Å². The minimum atomic E-state index is -0.796. The Hall–Kier alpha value is -2.37. The summed E-state index contributed by atoms with van der Waals surface area (Å²) in [7, 11) is 0. The summed E-state index contributed by atoms with van der Waals surface area (Å²) in [6.45, 7) is 4.93. The monoisotopic (exact) mass is 420 g/mol. The molecule has 0 aliphatic heterocycles. The van der Waals surface area contributed by atoms with E-state index in [0.29, 0.717) is 25.7 Å². The molecule has 0 aromatic carbocycles. The van der Waals surface area contributed by atoms with Gasteiger partial charge in [-0.25, -0.2) is 0 Å². The molecule has 6 heteroatoms. The van der Waals surface area contributed by atoms with Crippen molar-refractivity contribution in [2.45, 2.75) is 84.3 Å². The fourth-order valence-corrected chi connectivity index (χ4v) is 3.78. The maximum atomic E-state index is 11.6. The molecular formula is C24H36O6. The standard InChI is InChI=1S/C24H36O6/c1-4-5-6-7-8-11-14-20-21(15-12-9-10-13-16-24(27)28)23(30-19(3)26)17-22(20)29-18(2)25/h7-9,11-12,14,20-23H,4-6,10,13,15-17H2,1-3H3,(H,27,28)/b8-7+,12-9-,14-11+/t20-,21-,22-,23+/m1/s1. The number of carbonyl (C=O) groups is 3. The first kappa shape index (κ1) is 25.7. The summed E-state index contributed by atoms with van der Waals surface area (Å²) >= 11 is 0. The van der Waals surface area contributed by atoms with Crippen LogP contribution >= 0.6 is 0 Å². The van der Waals surface area contributed by atoms with E-state index in [4.69, 9.17) is 14.6 Å². The van der Waals surface area contributed by atoms with Crippen LogP contribution in [0.4, 0.5) is 0 Å². The van der Waals surface area contributed by atoms with Crippen molar-refractivity contribution in [1.82, 2.24) is 0 Å². The average molecular weight is 421 g/mol. The molecule has 1 aliphatic carbocycles. The van der Waals surface area contributed by atoms with Crippen LogP contribution in [0.15, 0.2) is 36.5 Å². The number of rotatable bonds is 13. The van der Waals surface area contributed by atoms with Gasteiger partial charge < -0.3 is 14.6 Å². The molecule has 1 N–H and O–H groups in total. The summed E-state index contributed by atoms with van der Waals surface area (Å²) in [5.41, 5.74) is 0. The Kier molecular flexibility index (Phi) is 12.5. The van der Waals surface area contributed by atoms with Crippen molar-refractivity contribution in [3.63, 3.8) is 0 Å². The van der Waals surface area contributed by atoms with Crippen LogP contribution in [-0.2, 0) is 23.9 Å². The first-order valence-electron chi connectivity index (χ1n) is 10.9. The lowest BCUT2D eigenvalue weighted by Crippen LogP contribution is -2.24. The molecule has 168 valence electrons. The molecule has 0 unspecified atom stereocenters. The summed E-state index contributed by atoms with van der Waals surface area (Å²) in [5, 5.41) is 8.72. The topological polar surface area (TPSA) is 89.9 Å². The molecule has 0 spiro atoms. The van der Waals surface area contributed by atoms with Crippen LogP contribution in [0.1, 0.15) is 72.1 Å². The first-order chi connectivity index (χ1) is 14.3. The van der Waals surface area contributed by atoms with Crippen LogP contribution in [0.3, 0.4) is 0 Å². The van der Waals surface area contributed by atoms with Gasteiger partial charge in [0.15, 0.2) is 0 Å². The Bertz CT molecular complexity index is 634. The highest BCUT2D eigenvalue weighted by Crippen LogP contribution is 2.40. The van der Waals surface area contributed by atoms with Crippen LogP contribution in [-0.4, -0.2) is 35.2 Å². The van der Waals surface area contributed by atoms with Gasteiger partial charge in [-0.05, 0) is 25.7 Å². The van der Waals surface area contributed by atoms with E-state index in [9.17, 15) is 14.4 Å². The lowest BCUT2D eigenvalue weighted by molar-refractivity contribution is -0.149. The number of unbranched alkanes of at least 4 members (excludes halogenated alkanes) is 3. The Balaban J connectivity index is 2.87. The zero-order valence-electron chi connectivity index (χ0n) is 18.4. The van der Waals surface area contributed by atoms with Crippen LogP contribution in [0.5, 0.6) is 0 Å². The van der Waals surface area contributed by atoms with Gasteiger partial charge in [0.1, 0.15) is 12.2 Å². The Morgan fingerprint density at radius 2 is 1.60 bits per heavy atom. The molecule has 0 amide bonds. The van der Waals surface area contributed by atoms with Crippen molar-refractivity contribution in [1.29, 1.82) is 0 Å². The highest BCUT2D eigenvalue weighted by Gasteiger charge is 2.44. The zero-order chi connectivity index (χ0) is 22.4. The first-order valence-corrected chi connectivity index (χ1v) is 10.9. The SMILES string of the molecule is CCCC/C=C/C=C/[C@@H]1[C@@H](C/C=C\CCCC(=O)O)[C@@H](OC(C)=O)C[C@H]1OC(C)=O. The number of allylic oxidation sites excluding steroid dienone is 5. The third kappa shape index (κ3) is 10.4. The predicted octanol–water partition coefficient (Wildman–Crippen LogP) is 4.99. The Morgan fingerprint density at radius 3 is 2.23 bits per heavy atom. The van der Waals surface area contributed by atoms with Crippen LogP contribution < -0.4 is 0 Å². The smallest absolute Gasteiger partial charge is 0.303 e. The van der Waals surface area contributed by atoms with Gasteiger partial charge in [0.25, 0.3) is 0 Å². The van der Waals surface area contributed by atoms with Gasteiger partial charge in [-0.3, -0.25) is 14.4 Å². The molecule has 0 heterocycles. The highest BCUT2D eigenvalue weighted by atomic mass is 16.6. The maximum absolute atomic E-state index is 11.6. The second-order valence-electron chi connectivity index (χ2n) is 7.72. The molecule has 0 aromatic rings. The van der Waals surface area contributed by atoms with E-state index in [1.54, 1.807) is 0 Å². The average Bonchev–Trinajstić information content (AvgIpc) is 2.95. The number of carbonyl (C=O) groups excluding carboxylic acids is 2. The number of hydrogen-bond donors (Lipinski definition) is 1. The number of ether oxygens (including phenoxy) is 2. The van der Waals surface area contributed by atoms with Gasteiger partial charge in [-0.2, -0.15) is 0 Å². The fraction of sp³-hybridized carbons (Fsp3) is 0.625. The summed E-state index contributed by atoms with van der Waals surface area (Å²) in [4.78, 5) is 33.8. The third-order valence-electron chi connectivity index (χ3n) is 5.14. The van der Waals surface area contributed by atoms with Gasteiger partial charge in [-0.1, -0.05) is 56.2 Å². The van der Waals surface area contributed by atoms with Crippen molar-refractivity contribution in [2.24, 2.45) is 11.8 Å². The molecule has 6 nitrogen and oxygen atoms in total. The van der Waals surface area contributed by atoms with Crippen molar-refractivity contribution in [3.8, 4) is 0 Å². The van der Waals surface area contributed by atoms with Crippen LogP contribution in [0, 0.1) is 11.8 Å². The summed E-state index contributed by atoms with van der Waals surface area (Å²) in [6, 6.07) is 0. The van der Waals surface area contributed by atoms with E-state index >= 15 is 0 Å². The number of esters is 2. The van der Waals surface area contributed by atoms with E-state index in [2.05, 4.69) is 13.0 Å². The van der Waals surface area contributed by atoms with Crippen molar-refractivity contribution in [3.05, 3.63) is 36.5 Å². The Labute approximate surface area is 180 Å². The molecular weight excluding hydrogens is 384 g/mol. The van der Waals surface area contributed by atoms with Gasteiger partial charge in [0.2, 0.25) is 0 Å². The minimum Gasteiger partial charge on any atom is -0.481 e. The van der Waals surface area contributed by atoms with E-state index < -0.39 is 5.97 Å². The summed E-state index contributed by atoms with van der Waals surface area (Å²) in [5.74, 6) is -1.55. The number of carboxylic acids is 1. The van der Waals surface area contributed by atoms with E-state index in [0.717, 1.165) is 19.3 Å². The van der Waals surface area contributed by atoms with Gasteiger partial charge >= 0.3 is 17.9 Å². The molecule has 1 saturated carbocycles. The molecule has 30 heavy (non-hydrogen) atoms. The van der Waals surface area contributed by atoms with E-state index in [1.807, 2.05) is 30.4 Å². The predicted molar refractivity (Wildman–Crippen MR) is 116 cm³/mol. The summed E-state index contributed by atoms with van der Waals surface area (Å²) in [6.07, 6.45) is 17.4. The summed E-state index contributed by atoms with van der Waals surface area (Å²) < 4.78 is 11.1. The molecule has 1 aliphatic rings. The van der Waals surface area contributed by atoms with Crippen LogP contribution in [0.25, 0.3) is 0 Å². The number of carboxylic acid groups (broad SMARTS) is 1. The second-order valence-corrected chi connectivity index (χ2v) is 7.72. The van der Waals surface area contributed by atoms with E-state index in [-0.39, 0.29) is 42.4 Å². The molecule has 0 bridgehead atoms. The van der Waals surface area contributed by atoms with Gasteiger partial charge in [0.05, 0.1) is 0 Å². The number of hydrogen-bond acceptors (Lipinski definition) is 5. The third-order valence-corrected chi connectivity index (χ3v) is 5.14. The van der Waals surface area contributed by atoms with E-state index in [1.165, 1.54) is 13.8 Å². The van der Waals surface area contributed by atoms with Gasteiger partial charge in [0, 0.05) is 38.5 Å². The maximum Gasteiger partial charge on any atom is 0.303 e. The fourth-order valence-electron chi connectivity index (χ4n) is 3.78. The molecule has 4 atom stereocenters. The minimum absolute atomic E-state index is 0.00531. The number of aliphatic carboxylic acids is 1. The highest BCUT2D eigenvalue weighted by molar-refractivity contribution is 5.67. The van der Waals surface area contributed by atoms with Gasteiger partial charge in [-0.15, -0.1) is 0 Å². The van der Waals surface area contributed by atoms with Crippen molar-refractivity contribution < 1.29 is 29.0 Å². The molecule has 0 aromatic heterocycles. The second kappa shape index (κ2) is 14.6. The van der Waals surface area contributed by atoms with Crippen molar-refractivity contribution in [2.75, 3.05) is 0 Å². The molecule has 0 radical (unpaired) electrons. The molecule has 1 rings (SSSR count). The quantitative estimate of drug-likeness (QED) is 0.195. The largest absolute Gasteiger partial charge is 0.481 e. The Morgan fingerprint density at radius 1 is 0.933 bits per heavy atom.